The number of rotatable bonds is 6. The minimum Gasteiger partial charge on any atom is -0.449 e. The molecular formula is C24H23NO3. The summed E-state index contributed by atoms with van der Waals surface area (Å²) >= 11 is 0. The fraction of sp³-hybridized carbons (Fsp3) is 0.167. The second-order valence-electron chi connectivity index (χ2n) is 6.60. The fourth-order valence-corrected chi connectivity index (χ4v) is 3.02. The van der Waals surface area contributed by atoms with Crippen molar-refractivity contribution < 1.29 is 14.3 Å². The van der Waals surface area contributed by atoms with Gasteiger partial charge in [0.25, 0.3) is 5.91 Å². The van der Waals surface area contributed by atoms with Gasteiger partial charge in [0, 0.05) is 12.7 Å². The van der Waals surface area contributed by atoms with Gasteiger partial charge in [0.2, 0.25) is 0 Å². The number of likely N-dealkylation sites (N-methyl/N-ethyl adjacent to an activating group) is 1. The van der Waals surface area contributed by atoms with Crippen LogP contribution in [0.4, 0.5) is 5.69 Å². The fourth-order valence-electron chi connectivity index (χ4n) is 3.02. The monoisotopic (exact) mass is 373 g/mol. The van der Waals surface area contributed by atoms with Crippen LogP contribution in [0.1, 0.15) is 28.4 Å². The molecule has 0 heterocycles. The van der Waals surface area contributed by atoms with Crippen LogP contribution in [0.3, 0.4) is 0 Å². The molecule has 0 radical (unpaired) electrons. The number of carbonyl (C=O) groups excluding carboxylic acids is 2. The Balaban J connectivity index is 1.71. The second kappa shape index (κ2) is 9.00. The molecule has 1 amide bonds. The predicted octanol–water partition coefficient (Wildman–Crippen LogP) is 4.49. The molecule has 3 aromatic carbocycles. The summed E-state index contributed by atoms with van der Waals surface area (Å²) in [5.74, 6) is -0.770. The molecule has 0 saturated carbocycles. The molecule has 0 aromatic heterocycles. The molecule has 0 spiro atoms. The van der Waals surface area contributed by atoms with Gasteiger partial charge in [-0.15, -0.1) is 0 Å². The van der Waals surface area contributed by atoms with E-state index in [0.29, 0.717) is 12.0 Å². The van der Waals surface area contributed by atoms with Crippen LogP contribution in [0.25, 0.3) is 0 Å². The Kier molecular flexibility index (Phi) is 6.22. The van der Waals surface area contributed by atoms with Crippen LogP contribution >= 0.6 is 0 Å². The van der Waals surface area contributed by atoms with Crippen LogP contribution in [-0.2, 0) is 16.0 Å². The van der Waals surface area contributed by atoms with Gasteiger partial charge in [-0.1, -0.05) is 66.7 Å². The van der Waals surface area contributed by atoms with Gasteiger partial charge >= 0.3 is 5.97 Å². The van der Waals surface area contributed by atoms with Gasteiger partial charge in [0.05, 0.1) is 5.56 Å². The van der Waals surface area contributed by atoms with Gasteiger partial charge in [0.15, 0.2) is 6.10 Å². The van der Waals surface area contributed by atoms with Crippen LogP contribution in [0.5, 0.6) is 0 Å². The second-order valence-corrected chi connectivity index (χ2v) is 6.60. The first-order valence-corrected chi connectivity index (χ1v) is 9.21. The Morgan fingerprint density at radius 2 is 1.43 bits per heavy atom. The van der Waals surface area contributed by atoms with E-state index >= 15 is 0 Å². The molecule has 0 fully saturated rings. The van der Waals surface area contributed by atoms with Gasteiger partial charge in [-0.25, -0.2) is 4.79 Å². The molecular weight excluding hydrogens is 350 g/mol. The number of para-hydroxylation sites is 1. The summed E-state index contributed by atoms with van der Waals surface area (Å²) in [6, 6.07) is 26.5. The van der Waals surface area contributed by atoms with E-state index in [1.165, 1.54) is 4.90 Å². The van der Waals surface area contributed by atoms with Gasteiger partial charge < -0.3 is 9.64 Å². The Labute approximate surface area is 165 Å². The molecule has 142 valence electrons. The van der Waals surface area contributed by atoms with Crippen molar-refractivity contribution in [3.63, 3.8) is 0 Å². The zero-order valence-corrected chi connectivity index (χ0v) is 16.0. The number of amides is 1. The van der Waals surface area contributed by atoms with Gasteiger partial charge in [-0.2, -0.15) is 0 Å². The number of esters is 1. The zero-order valence-electron chi connectivity index (χ0n) is 16.0. The summed E-state index contributed by atoms with van der Waals surface area (Å²) in [4.78, 5) is 26.9. The smallest absolute Gasteiger partial charge is 0.339 e. The van der Waals surface area contributed by atoms with Gasteiger partial charge in [-0.05, 0) is 42.7 Å². The maximum Gasteiger partial charge on any atom is 0.339 e. The van der Waals surface area contributed by atoms with Crippen molar-refractivity contribution in [1.29, 1.82) is 0 Å². The first-order chi connectivity index (χ1) is 13.6. The molecule has 0 N–H and O–H groups in total. The first-order valence-electron chi connectivity index (χ1n) is 9.21. The number of carbonyl (C=O) groups is 2. The van der Waals surface area contributed by atoms with Crippen LogP contribution in [0.15, 0.2) is 84.9 Å². The summed E-state index contributed by atoms with van der Waals surface area (Å²) < 4.78 is 5.49. The average Bonchev–Trinajstić information content (AvgIpc) is 2.74. The molecule has 3 rings (SSSR count). The summed E-state index contributed by atoms with van der Waals surface area (Å²) in [7, 11) is 1.67. The number of hydrogen-bond donors (Lipinski definition) is 0. The third-order valence-electron chi connectivity index (χ3n) is 4.58. The van der Waals surface area contributed by atoms with E-state index in [1.807, 2.05) is 72.8 Å². The summed E-state index contributed by atoms with van der Waals surface area (Å²) in [6.07, 6.45) is -0.263. The number of benzene rings is 3. The maximum absolute atomic E-state index is 12.7. The lowest BCUT2D eigenvalue weighted by Crippen LogP contribution is -2.37. The van der Waals surface area contributed by atoms with Crippen LogP contribution in [0, 0.1) is 0 Å². The van der Waals surface area contributed by atoms with E-state index < -0.39 is 12.1 Å². The standard InChI is InChI=1S/C24H23NO3/c1-18(23(26)25(2)21-14-7-4-8-15-21)28-24(27)22-16-10-9-13-20(22)17-19-11-5-3-6-12-19/h3-16,18H,17H2,1-2H3/t18-/m0/s1. The highest BCUT2D eigenvalue weighted by atomic mass is 16.5. The first kappa shape index (κ1) is 19.4. The summed E-state index contributed by atoms with van der Waals surface area (Å²) in [6.45, 7) is 1.60. The molecule has 0 aliphatic rings. The number of anilines is 1. The minimum absolute atomic E-state index is 0.278. The van der Waals surface area contributed by atoms with Crippen molar-refractivity contribution in [2.45, 2.75) is 19.4 Å². The zero-order chi connectivity index (χ0) is 19.9. The summed E-state index contributed by atoms with van der Waals surface area (Å²) in [5.41, 5.74) is 3.21. The molecule has 0 aliphatic heterocycles. The average molecular weight is 373 g/mol. The largest absolute Gasteiger partial charge is 0.449 e. The molecule has 0 saturated heterocycles. The van der Waals surface area contributed by atoms with Crippen LogP contribution in [0.2, 0.25) is 0 Å². The highest BCUT2D eigenvalue weighted by molar-refractivity contribution is 5.99. The van der Waals surface area contributed by atoms with Crippen molar-refractivity contribution >= 4 is 17.6 Å². The molecule has 0 bridgehead atoms. The summed E-state index contributed by atoms with van der Waals surface area (Å²) in [5, 5.41) is 0. The lowest BCUT2D eigenvalue weighted by Gasteiger charge is -2.22. The Hall–Kier alpha value is -3.40. The van der Waals surface area contributed by atoms with Crippen LogP contribution in [-0.4, -0.2) is 25.0 Å². The van der Waals surface area contributed by atoms with E-state index in [4.69, 9.17) is 4.74 Å². The van der Waals surface area contributed by atoms with Crippen molar-refractivity contribution in [2.24, 2.45) is 0 Å². The third kappa shape index (κ3) is 4.65. The Morgan fingerprint density at radius 1 is 0.857 bits per heavy atom. The number of ether oxygens (including phenoxy) is 1. The topological polar surface area (TPSA) is 46.6 Å². The number of nitrogens with zero attached hydrogens (tertiary/aromatic N) is 1. The van der Waals surface area contributed by atoms with E-state index in [0.717, 1.165) is 16.8 Å². The maximum atomic E-state index is 12.7. The van der Waals surface area contributed by atoms with E-state index in [1.54, 1.807) is 26.1 Å². The van der Waals surface area contributed by atoms with Crippen molar-refractivity contribution in [3.8, 4) is 0 Å². The highest BCUT2D eigenvalue weighted by Gasteiger charge is 2.24. The predicted molar refractivity (Wildman–Crippen MR) is 110 cm³/mol. The van der Waals surface area contributed by atoms with Crippen molar-refractivity contribution in [1.82, 2.24) is 0 Å². The lowest BCUT2D eigenvalue weighted by molar-refractivity contribution is -0.126. The van der Waals surface area contributed by atoms with Gasteiger partial charge in [-0.3, -0.25) is 4.79 Å². The van der Waals surface area contributed by atoms with Gasteiger partial charge in [0.1, 0.15) is 0 Å². The molecule has 1 atom stereocenters. The third-order valence-corrected chi connectivity index (χ3v) is 4.58. The quantitative estimate of drug-likeness (QED) is 0.598. The number of hydrogen-bond acceptors (Lipinski definition) is 3. The lowest BCUT2D eigenvalue weighted by atomic mass is 10.00. The SMILES string of the molecule is C[C@H](OC(=O)c1ccccc1Cc1ccccc1)C(=O)N(C)c1ccccc1. The minimum atomic E-state index is -0.887. The van der Waals surface area contributed by atoms with E-state index in [-0.39, 0.29) is 5.91 Å². The Bertz CT molecular complexity index is 938. The normalized spacial score (nSPS) is 11.5. The van der Waals surface area contributed by atoms with Crippen LogP contribution < -0.4 is 4.90 Å². The highest BCUT2D eigenvalue weighted by Crippen LogP contribution is 2.18. The molecule has 4 nitrogen and oxygen atoms in total. The molecule has 3 aromatic rings. The van der Waals surface area contributed by atoms with Crippen molar-refractivity contribution in [3.05, 3.63) is 102 Å². The van der Waals surface area contributed by atoms with Crippen molar-refractivity contribution in [2.75, 3.05) is 11.9 Å². The molecule has 4 heteroatoms. The molecule has 0 aliphatic carbocycles. The Morgan fingerprint density at radius 3 is 2.11 bits per heavy atom. The molecule has 28 heavy (non-hydrogen) atoms. The van der Waals surface area contributed by atoms with E-state index in [9.17, 15) is 9.59 Å². The van der Waals surface area contributed by atoms with E-state index in [2.05, 4.69) is 0 Å². The molecule has 0 unspecified atom stereocenters.